The van der Waals surface area contributed by atoms with E-state index >= 15 is 0 Å². The molecule has 0 spiro atoms. The van der Waals surface area contributed by atoms with E-state index in [4.69, 9.17) is 5.11 Å². The molecular formula is C10H14N2O2. The predicted octanol–water partition coefficient (Wildman–Crippen LogP) is 1.63. The summed E-state index contributed by atoms with van der Waals surface area (Å²) >= 11 is 0. The third kappa shape index (κ3) is 1.95. The van der Waals surface area contributed by atoms with Gasteiger partial charge in [0.1, 0.15) is 6.54 Å². The molecule has 0 saturated heterocycles. The maximum absolute atomic E-state index is 10.4. The zero-order valence-electron chi connectivity index (χ0n) is 8.02. The van der Waals surface area contributed by atoms with Crippen LogP contribution < -0.4 is 0 Å². The lowest BCUT2D eigenvalue weighted by Gasteiger charge is -2.03. The van der Waals surface area contributed by atoms with Gasteiger partial charge in [-0.15, -0.1) is 0 Å². The molecule has 1 heterocycles. The molecule has 1 aromatic rings. The van der Waals surface area contributed by atoms with Crippen LogP contribution in [0.15, 0.2) is 12.4 Å². The normalized spacial score (nSPS) is 17.4. The van der Waals surface area contributed by atoms with E-state index in [1.165, 1.54) is 35.9 Å². The van der Waals surface area contributed by atoms with E-state index in [2.05, 4.69) is 5.10 Å². The molecule has 0 amide bonds. The Labute approximate surface area is 82.5 Å². The summed E-state index contributed by atoms with van der Waals surface area (Å²) in [5.74, 6) is -0.233. The fraction of sp³-hybridized carbons (Fsp3) is 0.600. The number of carboxylic acid groups (broad SMARTS) is 1. The van der Waals surface area contributed by atoms with E-state index in [9.17, 15) is 4.79 Å². The highest BCUT2D eigenvalue weighted by atomic mass is 16.4. The Balaban J connectivity index is 2.05. The fourth-order valence-electron chi connectivity index (χ4n) is 2.07. The lowest BCUT2D eigenvalue weighted by molar-refractivity contribution is -0.137. The van der Waals surface area contributed by atoms with Crippen molar-refractivity contribution in [3.8, 4) is 0 Å². The van der Waals surface area contributed by atoms with Crippen LogP contribution in [0.3, 0.4) is 0 Å². The van der Waals surface area contributed by atoms with Gasteiger partial charge in [-0.1, -0.05) is 12.8 Å². The third-order valence-corrected chi connectivity index (χ3v) is 2.78. The minimum atomic E-state index is -0.842. The van der Waals surface area contributed by atoms with Crippen molar-refractivity contribution in [3.63, 3.8) is 0 Å². The first-order valence-electron chi connectivity index (χ1n) is 5.00. The van der Waals surface area contributed by atoms with Crippen molar-refractivity contribution in [1.29, 1.82) is 0 Å². The van der Waals surface area contributed by atoms with Crippen molar-refractivity contribution in [2.24, 2.45) is 0 Å². The van der Waals surface area contributed by atoms with Crippen molar-refractivity contribution < 1.29 is 9.90 Å². The Morgan fingerprint density at radius 3 is 2.93 bits per heavy atom. The number of aromatic nitrogens is 2. The van der Waals surface area contributed by atoms with Gasteiger partial charge < -0.3 is 5.11 Å². The first-order valence-corrected chi connectivity index (χ1v) is 5.00. The third-order valence-electron chi connectivity index (χ3n) is 2.78. The van der Waals surface area contributed by atoms with Gasteiger partial charge >= 0.3 is 5.97 Å². The van der Waals surface area contributed by atoms with Gasteiger partial charge in [0.2, 0.25) is 0 Å². The van der Waals surface area contributed by atoms with Crippen LogP contribution in [0.1, 0.15) is 37.2 Å². The second-order valence-corrected chi connectivity index (χ2v) is 3.85. The minimum absolute atomic E-state index is 0.0350. The second-order valence-electron chi connectivity index (χ2n) is 3.85. The molecule has 76 valence electrons. The van der Waals surface area contributed by atoms with Crippen molar-refractivity contribution in [3.05, 3.63) is 18.0 Å². The molecule has 0 bridgehead atoms. The predicted molar refractivity (Wildman–Crippen MR) is 51.1 cm³/mol. The standard InChI is InChI=1S/C10H14N2O2/c13-10(14)7-12-6-9(5-11-12)8-3-1-2-4-8/h5-6,8H,1-4,7H2,(H,13,14). The smallest absolute Gasteiger partial charge is 0.325 e. The van der Waals surface area contributed by atoms with E-state index in [0.29, 0.717) is 5.92 Å². The van der Waals surface area contributed by atoms with Gasteiger partial charge in [-0.2, -0.15) is 5.10 Å². The molecule has 14 heavy (non-hydrogen) atoms. The summed E-state index contributed by atoms with van der Waals surface area (Å²) < 4.78 is 1.50. The maximum Gasteiger partial charge on any atom is 0.325 e. The molecule has 1 N–H and O–H groups in total. The molecule has 0 aliphatic heterocycles. The second kappa shape index (κ2) is 3.82. The van der Waals surface area contributed by atoms with E-state index < -0.39 is 5.97 Å². The van der Waals surface area contributed by atoms with Crippen LogP contribution in [0.4, 0.5) is 0 Å². The average molecular weight is 194 g/mol. The highest BCUT2D eigenvalue weighted by molar-refractivity contribution is 5.66. The summed E-state index contributed by atoms with van der Waals surface area (Å²) in [6, 6.07) is 0. The highest BCUT2D eigenvalue weighted by Crippen LogP contribution is 2.33. The molecule has 1 saturated carbocycles. The summed E-state index contributed by atoms with van der Waals surface area (Å²) in [6.45, 7) is -0.0350. The van der Waals surface area contributed by atoms with E-state index in [1.807, 2.05) is 6.20 Å². The van der Waals surface area contributed by atoms with Crippen molar-refractivity contribution in [2.45, 2.75) is 38.1 Å². The molecule has 2 rings (SSSR count). The van der Waals surface area contributed by atoms with Gasteiger partial charge in [0.15, 0.2) is 0 Å². The van der Waals surface area contributed by atoms with Crippen LogP contribution in [0.2, 0.25) is 0 Å². The molecule has 0 unspecified atom stereocenters. The van der Waals surface area contributed by atoms with Crippen LogP contribution in [0.25, 0.3) is 0 Å². The number of nitrogens with zero attached hydrogens (tertiary/aromatic N) is 2. The monoisotopic (exact) mass is 194 g/mol. The van der Waals surface area contributed by atoms with Gasteiger partial charge in [0.05, 0.1) is 6.20 Å². The Morgan fingerprint density at radius 1 is 1.57 bits per heavy atom. The van der Waals surface area contributed by atoms with Gasteiger partial charge in [0, 0.05) is 6.20 Å². The lowest BCUT2D eigenvalue weighted by atomic mass is 10.0. The van der Waals surface area contributed by atoms with E-state index in [1.54, 1.807) is 6.20 Å². The van der Waals surface area contributed by atoms with Crippen LogP contribution in [0, 0.1) is 0 Å². The Morgan fingerprint density at radius 2 is 2.29 bits per heavy atom. The van der Waals surface area contributed by atoms with Crippen LogP contribution in [-0.4, -0.2) is 20.9 Å². The molecule has 4 nitrogen and oxygen atoms in total. The van der Waals surface area contributed by atoms with Crippen molar-refractivity contribution in [1.82, 2.24) is 9.78 Å². The topological polar surface area (TPSA) is 55.1 Å². The molecule has 4 heteroatoms. The fourth-order valence-corrected chi connectivity index (χ4v) is 2.07. The number of rotatable bonds is 3. The summed E-state index contributed by atoms with van der Waals surface area (Å²) in [7, 11) is 0. The zero-order valence-corrected chi connectivity index (χ0v) is 8.02. The first-order chi connectivity index (χ1) is 6.75. The van der Waals surface area contributed by atoms with E-state index in [0.717, 1.165) is 0 Å². The molecule has 1 aliphatic rings. The Bertz CT molecular complexity index is 327. The Kier molecular flexibility index (Phi) is 2.52. The van der Waals surface area contributed by atoms with E-state index in [-0.39, 0.29) is 6.54 Å². The SMILES string of the molecule is O=C(O)Cn1cc(C2CCCC2)cn1. The number of carbonyl (C=O) groups is 1. The number of carboxylic acids is 1. The number of hydrogen-bond acceptors (Lipinski definition) is 2. The summed E-state index contributed by atoms with van der Waals surface area (Å²) in [6.07, 6.45) is 8.68. The minimum Gasteiger partial charge on any atom is -0.480 e. The van der Waals surface area contributed by atoms with Gasteiger partial charge in [-0.25, -0.2) is 0 Å². The summed E-state index contributed by atoms with van der Waals surface area (Å²) in [5, 5.41) is 12.6. The molecule has 1 fully saturated rings. The van der Waals surface area contributed by atoms with Gasteiger partial charge in [-0.3, -0.25) is 9.48 Å². The number of hydrogen-bond donors (Lipinski definition) is 1. The number of aliphatic carboxylic acids is 1. The van der Waals surface area contributed by atoms with Crippen LogP contribution >= 0.6 is 0 Å². The molecule has 0 aromatic carbocycles. The zero-order chi connectivity index (χ0) is 9.97. The van der Waals surface area contributed by atoms with Gasteiger partial charge in [0.25, 0.3) is 0 Å². The average Bonchev–Trinajstić information content (AvgIpc) is 2.69. The molecular weight excluding hydrogens is 180 g/mol. The molecule has 0 radical (unpaired) electrons. The van der Waals surface area contributed by atoms with Crippen molar-refractivity contribution in [2.75, 3.05) is 0 Å². The highest BCUT2D eigenvalue weighted by Gasteiger charge is 2.18. The van der Waals surface area contributed by atoms with Gasteiger partial charge in [-0.05, 0) is 24.3 Å². The van der Waals surface area contributed by atoms with Crippen molar-refractivity contribution >= 4 is 5.97 Å². The van der Waals surface area contributed by atoms with Crippen LogP contribution in [0.5, 0.6) is 0 Å². The Hall–Kier alpha value is -1.32. The largest absolute Gasteiger partial charge is 0.480 e. The quantitative estimate of drug-likeness (QED) is 0.795. The summed E-state index contributed by atoms with van der Waals surface area (Å²) in [4.78, 5) is 10.4. The first kappa shape index (κ1) is 9.24. The maximum atomic E-state index is 10.4. The molecule has 1 aliphatic carbocycles. The summed E-state index contributed by atoms with van der Waals surface area (Å²) in [5.41, 5.74) is 1.20. The molecule has 0 atom stereocenters. The molecule has 1 aromatic heterocycles. The van der Waals surface area contributed by atoms with Crippen LogP contribution in [-0.2, 0) is 11.3 Å². The lowest BCUT2D eigenvalue weighted by Crippen LogP contribution is -2.08.